The molecule has 1 atom stereocenters. The zero-order valence-electron chi connectivity index (χ0n) is 9.61. The lowest BCUT2D eigenvalue weighted by Gasteiger charge is -2.12. The Labute approximate surface area is 103 Å². The van der Waals surface area contributed by atoms with E-state index in [-0.39, 0.29) is 11.8 Å². The van der Waals surface area contributed by atoms with Gasteiger partial charge in [-0.05, 0) is 37.1 Å². The van der Waals surface area contributed by atoms with Crippen LogP contribution in [-0.2, 0) is 0 Å². The summed E-state index contributed by atoms with van der Waals surface area (Å²) in [4.78, 5) is 0. The molecule has 1 aromatic carbocycles. The first-order valence-corrected chi connectivity index (χ1v) is 5.68. The van der Waals surface area contributed by atoms with Crippen molar-refractivity contribution in [3.05, 3.63) is 24.3 Å². The van der Waals surface area contributed by atoms with Gasteiger partial charge in [0.25, 0.3) is 0 Å². The average molecular weight is 260 g/mol. The molecule has 18 heavy (non-hydrogen) atoms. The van der Waals surface area contributed by atoms with Crippen molar-refractivity contribution in [3.8, 4) is 11.5 Å². The van der Waals surface area contributed by atoms with Crippen LogP contribution in [0.3, 0.4) is 0 Å². The highest BCUT2D eigenvalue weighted by atomic mass is 19.4. The van der Waals surface area contributed by atoms with Gasteiger partial charge in [-0.2, -0.15) is 0 Å². The average Bonchev–Trinajstić information content (AvgIpc) is 2.79. The maximum Gasteiger partial charge on any atom is 0.573 e. The zero-order chi connectivity index (χ0) is 13.0. The molecule has 1 unspecified atom stereocenters. The van der Waals surface area contributed by atoms with Gasteiger partial charge in [0, 0.05) is 6.54 Å². The topological polar surface area (TPSA) is 32.6 Å². The number of rotatable bonds is 4. The summed E-state index contributed by atoms with van der Waals surface area (Å²) in [6.07, 6.45) is -2.58. The van der Waals surface area contributed by atoms with Crippen molar-refractivity contribution in [1.29, 1.82) is 0 Å². The van der Waals surface area contributed by atoms with Crippen molar-refractivity contribution >= 4 is 0 Å². The van der Waals surface area contributed by atoms with E-state index in [2.05, 4.69) is 10.1 Å². The lowest BCUT2D eigenvalue weighted by molar-refractivity contribution is -0.274. The van der Waals surface area contributed by atoms with Crippen LogP contribution < -0.4 is 14.8 Å². The van der Waals surface area contributed by atoms with E-state index >= 15 is 0 Å². The molecular formula is C12H13F3NO2. The van der Waals surface area contributed by atoms with Gasteiger partial charge >= 0.3 is 6.36 Å². The number of ether oxygens (including phenoxy) is 2. The number of nitrogens with zero attached hydrogens (tertiary/aromatic N) is 1. The van der Waals surface area contributed by atoms with Gasteiger partial charge in [-0.1, -0.05) is 0 Å². The molecule has 0 N–H and O–H groups in total. The summed E-state index contributed by atoms with van der Waals surface area (Å²) in [5.74, 6) is 0.270. The summed E-state index contributed by atoms with van der Waals surface area (Å²) in [5.41, 5.74) is 0. The molecule has 0 saturated carbocycles. The van der Waals surface area contributed by atoms with Crippen LogP contribution in [0.4, 0.5) is 13.2 Å². The fraction of sp³-hybridized carbons (Fsp3) is 0.500. The van der Waals surface area contributed by atoms with Crippen LogP contribution in [0, 0.1) is 0 Å². The highest BCUT2D eigenvalue weighted by Crippen LogP contribution is 2.24. The normalized spacial score (nSPS) is 19.8. The van der Waals surface area contributed by atoms with E-state index in [1.807, 2.05) is 0 Å². The molecule has 0 aliphatic carbocycles. The van der Waals surface area contributed by atoms with Crippen LogP contribution in [0.15, 0.2) is 24.3 Å². The van der Waals surface area contributed by atoms with Crippen molar-refractivity contribution in [2.24, 2.45) is 0 Å². The minimum absolute atomic E-state index is 0.205. The minimum atomic E-state index is -4.66. The quantitative estimate of drug-likeness (QED) is 0.833. The second kappa shape index (κ2) is 5.48. The molecule has 6 heteroatoms. The molecule has 0 spiro atoms. The van der Waals surface area contributed by atoms with E-state index in [0.717, 1.165) is 19.4 Å². The standard InChI is InChI=1S/C12H13F3NO2/c13-12(14,15)18-11-5-3-10(4-6-11)17-8-9-2-1-7-16-9/h3-6,9H,1-2,7-8H2. The number of benzene rings is 1. The summed E-state index contributed by atoms with van der Waals surface area (Å²) < 4.78 is 45.0. The van der Waals surface area contributed by atoms with E-state index in [1.165, 1.54) is 24.3 Å². The predicted molar refractivity (Wildman–Crippen MR) is 58.6 cm³/mol. The lowest BCUT2D eigenvalue weighted by atomic mass is 10.2. The highest BCUT2D eigenvalue weighted by Gasteiger charge is 2.30. The number of alkyl halides is 3. The van der Waals surface area contributed by atoms with E-state index in [0.29, 0.717) is 12.4 Å². The first-order chi connectivity index (χ1) is 8.53. The Morgan fingerprint density at radius 3 is 2.39 bits per heavy atom. The number of halogens is 3. The van der Waals surface area contributed by atoms with Crippen LogP contribution in [0.2, 0.25) is 0 Å². The van der Waals surface area contributed by atoms with Crippen LogP contribution in [-0.4, -0.2) is 25.6 Å². The summed E-state index contributed by atoms with van der Waals surface area (Å²) in [6, 6.07) is 5.58. The van der Waals surface area contributed by atoms with E-state index in [4.69, 9.17) is 4.74 Å². The molecule has 0 aromatic heterocycles. The van der Waals surface area contributed by atoms with Crippen LogP contribution in [0.25, 0.3) is 0 Å². The van der Waals surface area contributed by atoms with Gasteiger partial charge in [-0.25, -0.2) is 5.32 Å². The Morgan fingerprint density at radius 1 is 1.17 bits per heavy atom. The van der Waals surface area contributed by atoms with Gasteiger partial charge < -0.3 is 9.47 Å². The van der Waals surface area contributed by atoms with Gasteiger partial charge in [0.05, 0.1) is 6.04 Å². The van der Waals surface area contributed by atoms with Crippen molar-refractivity contribution in [3.63, 3.8) is 0 Å². The molecule has 1 aliphatic heterocycles. The lowest BCUT2D eigenvalue weighted by Crippen LogP contribution is -2.22. The smallest absolute Gasteiger partial charge is 0.492 e. The minimum Gasteiger partial charge on any atom is -0.492 e. The second-order valence-corrected chi connectivity index (χ2v) is 4.03. The van der Waals surface area contributed by atoms with Crippen molar-refractivity contribution < 1.29 is 22.6 Å². The molecule has 0 bridgehead atoms. The monoisotopic (exact) mass is 260 g/mol. The first-order valence-electron chi connectivity index (χ1n) is 5.68. The Balaban J connectivity index is 1.83. The zero-order valence-corrected chi connectivity index (χ0v) is 9.61. The van der Waals surface area contributed by atoms with Crippen LogP contribution >= 0.6 is 0 Å². The first kappa shape index (κ1) is 13.0. The van der Waals surface area contributed by atoms with E-state index in [9.17, 15) is 13.2 Å². The summed E-state index contributed by atoms with van der Waals surface area (Å²) in [5, 5.41) is 4.32. The van der Waals surface area contributed by atoms with Gasteiger partial charge in [0.2, 0.25) is 0 Å². The molecule has 1 saturated heterocycles. The summed E-state index contributed by atoms with van der Waals surface area (Å²) in [7, 11) is 0. The van der Waals surface area contributed by atoms with Gasteiger partial charge in [0.15, 0.2) is 0 Å². The number of hydrogen-bond donors (Lipinski definition) is 0. The van der Waals surface area contributed by atoms with Crippen LogP contribution in [0.1, 0.15) is 12.8 Å². The van der Waals surface area contributed by atoms with Crippen molar-refractivity contribution in [1.82, 2.24) is 5.32 Å². The molecular weight excluding hydrogens is 247 g/mol. The van der Waals surface area contributed by atoms with Crippen molar-refractivity contribution in [2.75, 3.05) is 13.2 Å². The Hall–Kier alpha value is -1.43. The molecule has 1 aromatic rings. The molecule has 1 aliphatic rings. The maximum absolute atomic E-state index is 11.9. The maximum atomic E-state index is 11.9. The van der Waals surface area contributed by atoms with E-state index < -0.39 is 6.36 Å². The Kier molecular flexibility index (Phi) is 3.96. The summed E-state index contributed by atoms with van der Waals surface area (Å²) >= 11 is 0. The largest absolute Gasteiger partial charge is 0.573 e. The molecule has 2 rings (SSSR count). The third-order valence-corrected chi connectivity index (χ3v) is 2.58. The predicted octanol–water partition coefficient (Wildman–Crippen LogP) is 2.73. The van der Waals surface area contributed by atoms with Crippen LogP contribution in [0.5, 0.6) is 11.5 Å². The van der Waals surface area contributed by atoms with Gasteiger partial charge in [-0.3, -0.25) is 0 Å². The summed E-state index contributed by atoms with van der Waals surface area (Å²) in [6.45, 7) is 1.34. The third kappa shape index (κ3) is 4.10. The number of hydrogen-bond acceptors (Lipinski definition) is 2. The molecule has 1 radical (unpaired) electrons. The SMILES string of the molecule is FC(F)(F)Oc1ccc(OCC2CCC[N]2)cc1. The molecule has 99 valence electrons. The van der Waals surface area contributed by atoms with E-state index in [1.54, 1.807) is 0 Å². The third-order valence-electron chi connectivity index (χ3n) is 2.58. The molecule has 0 amide bonds. The molecule has 3 nitrogen and oxygen atoms in total. The molecule has 1 heterocycles. The second-order valence-electron chi connectivity index (χ2n) is 4.03. The fourth-order valence-corrected chi connectivity index (χ4v) is 1.76. The van der Waals surface area contributed by atoms with Gasteiger partial charge in [-0.15, -0.1) is 13.2 Å². The highest BCUT2D eigenvalue weighted by molar-refractivity contribution is 5.31. The fourth-order valence-electron chi connectivity index (χ4n) is 1.76. The van der Waals surface area contributed by atoms with Gasteiger partial charge in [0.1, 0.15) is 18.1 Å². The molecule has 1 fully saturated rings. The Morgan fingerprint density at radius 2 is 1.83 bits per heavy atom. The van der Waals surface area contributed by atoms with Crippen molar-refractivity contribution in [2.45, 2.75) is 25.2 Å². The Bertz CT molecular complexity index is 372.